The van der Waals surface area contributed by atoms with Crippen molar-refractivity contribution in [2.75, 3.05) is 23.3 Å². The summed E-state index contributed by atoms with van der Waals surface area (Å²) in [6.45, 7) is 1.81. The molecule has 0 saturated carbocycles. The van der Waals surface area contributed by atoms with Gasteiger partial charge >= 0.3 is 0 Å². The molecule has 3 aromatic rings. The lowest BCUT2D eigenvalue weighted by Crippen LogP contribution is -2.35. The highest BCUT2D eigenvalue weighted by Gasteiger charge is 2.21. The fraction of sp³-hybridized carbons (Fsp3) is 0.286. The zero-order valence-corrected chi connectivity index (χ0v) is 15.1. The van der Waals surface area contributed by atoms with Gasteiger partial charge in [-0.3, -0.25) is 0 Å². The summed E-state index contributed by atoms with van der Waals surface area (Å²) in [7, 11) is 0. The second kappa shape index (κ2) is 8.12. The van der Waals surface area contributed by atoms with Crippen LogP contribution in [0.3, 0.4) is 0 Å². The number of benzene rings is 2. The van der Waals surface area contributed by atoms with Gasteiger partial charge in [0.2, 0.25) is 5.95 Å². The van der Waals surface area contributed by atoms with Gasteiger partial charge in [0, 0.05) is 13.1 Å². The smallest absolute Gasteiger partial charge is 0.247 e. The maximum absolute atomic E-state index is 13.8. The molecule has 2 aromatic carbocycles. The third-order valence-electron chi connectivity index (χ3n) is 4.95. The molecule has 1 aromatic heterocycles. The Bertz CT molecular complexity index is 879. The van der Waals surface area contributed by atoms with E-state index in [9.17, 15) is 4.39 Å². The molecule has 5 nitrogen and oxygen atoms in total. The van der Waals surface area contributed by atoms with Crippen LogP contribution in [0.5, 0.6) is 0 Å². The second-order valence-electron chi connectivity index (χ2n) is 6.87. The Morgan fingerprint density at radius 3 is 2.52 bits per heavy atom. The van der Waals surface area contributed by atoms with Crippen LogP contribution in [-0.4, -0.2) is 28.3 Å². The number of rotatable bonds is 5. The fourth-order valence-electron chi connectivity index (χ4n) is 3.47. The number of piperidine rings is 1. The largest absolute Gasteiger partial charge is 0.339 e. The summed E-state index contributed by atoms with van der Waals surface area (Å²) in [6.07, 6.45) is 4.83. The quantitative estimate of drug-likeness (QED) is 0.736. The Balaban J connectivity index is 1.38. The van der Waals surface area contributed by atoms with Crippen molar-refractivity contribution >= 4 is 17.5 Å². The molecule has 0 aliphatic carbocycles. The van der Waals surface area contributed by atoms with E-state index in [2.05, 4.69) is 55.7 Å². The maximum Gasteiger partial charge on any atom is 0.247 e. The number of aromatic nitrogens is 3. The van der Waals surface area contributed by atoms with Crippen LogP contribution in [0.2, 0.25) is 0 Å². The number of para-hydroxylation sites is 1. The van der Waals surface area contributed by atoms with Crippen LogP contribution >= 0.6 is 0 Å². The van der Waals surface area contributed by atoms with Gasteiger partial charge in [-0.15, -0.1) is 5.10 Å². The Kier molecular flexibility index (Phi) is 5.23. The van der Waals surface area contributed by atoms with E-state index in [0.29, 0.717) is 23.4 Å². The van der Waals surface area contributed by atoms with Gasteiger partial charge in [0.15, 0.2) is 5.82 Å². The van der Waals surface area contributed by atoms with Gasteiger partial charge in [0.25, 0.3) is 0 Å². The molecule has 0 amide bonds. The van der Waals surface area contributed by atoms with Crippen molar-refractivity contribution in [1.29, 1.82) is 0 Å². The van der Waals surface area contributed by atoms with Gasteiger partial charge in [-0.1, -0.05) is 42.5 Å². The van der Waals surface area contributed by atoms with E-state index >= 15 is 0 Å². The minimum atomic E-state index is -0.320. The average molecular weight is 363 g/mol. The highest BCUT2D eigenvalue weighted by atomic mass is 19.1. The van der Waals surface area contributed by atoms with E-state index < -0.39 is 0 Å². The number of halogens is 1. The van der Waals surface area contributed by atoms with Gasteiger partial charge in [-0.2, -0.15) is 10.1 Å². The highest BCUT2D eigenvalue weighted by Crippen LogP contribution is 2.25. The number of anilines is 3. The van der Waals surface area contributed by atoms with Crippen LogP contribution in [0.15, 0.2) is 60.8 Å². The molecule has 0 bridgehead atoms. The van der Waals surface area contributed by atoms with Gasteiger partial charge in [0.05, 0.1) is 11.9 Å². The van der Waals surface area contributed by atoms with E-state index in [4.69, 9.17) is 0 Å². The molecule has 0 atom stereocenters. The molecule has 0 spiro atoms. The van der Waals surface area contributed by atoms with Crippen molar-refractivity contribution < 1.29 is 4.39 Å². The topological polar surface area (TPSA) is 53.9 Å². The molecule has 1 saturated heterocycles. The number of nitrogens with one attached hydrogen (secondary N) is 1. The SMILES string of the molecule is Fc1ccccc1Nc1cnnc(N2CCC(Cc3ccccc3)CC2)n1. The van der Waals surface area contributed by atoms with Crippen molar-refractivity contribution in [2.45, 2.75) is 19.3 Å². The summed E-state index contributed by atoms with van der Waals surface area (Å²) in [5.41, 5.74) is 1.77. The first kappa shape index (κ1) is 17.4. The molecule has 1 N–H and O–H groups in total. The Morgan fingerprint density at radius 1 is 1.00 bits per heavy atom. The van der Waals surface area contributed by atoms with Gasteiger partial charge in [-0.05, 0) is 42.9 Å². The molecule has 138 valence electrons. The first-order valence-electron chi connectivity index (χ1n) is 9.28. The summed E-state index contributed by atoms with van der Waals surface area (Å²) >= 11 is 0. The number of hydrogen-bond donors (Lipinski definition) is 1. The minimum Gasteiger partial charge on any atom is -0.339 e. The highest BCUT2D eigenvalue weighted by molar-refractivity contribution is 5.56. The monoisotopic (exact) mass is 363 g/mol. The molecule has 6 heteroatoms. The first-order chi connectivity index (χ1) is 13.3. The molecule has 27 heavy (non-hydrogen) atoms. The summed E-state index contributed by atoms with van der Waals surface area (Å²) in [4.78, 5) is 6.67. The van der Waals surface area contributed by atoms with Crippen LogP contribution in [-0.2, 0) is 6.42 Å². The summed E-state index contributed by atoms with van der Waals surface area (Å²) in [5, 5.41) is 11.2. The molecule has 1 aliphatic heterocycles. The lowest BCUT2D eigenvalue weighted by molar-refractivity contribution is 0.400. The normalized spacial score (nSPS) is 14.9. The third-order valence-corrected chi connectivity index (χ3v) is 4.95. The summed E-state index contributed by atoms with van der Waals surface area (Å²) < 4.78 is 13.8. The van der Waals surface area contributed by atoms with E-state index in [1.54, 1.807) is 18.2 Å². The van der Waals surface area contributed by atoms with Crippen LogP contribution < -0.4 is 10.2 Å². The van der Waals surface area contributed by atoms with Crippen molar-refractivity contribution in [3.05, 3.63) is 72.2 Å². The van der Waals surface area contributed by atoms with Crippen molar-refractivity contribution in [3.8, 4) is 0 Å². The molecule has 0 unspecified atom stereocenters. The molecule has 1 fully saturated rings. The molecular formula is C21H22FN5. The predicted octanol–water partition coefficient (Wildman–Crippen LogP) is 4.21. The second-order valence-corrected chi connectivity index (χ2v) is 6.87. The lowest BCUT2D eigenvalue weighted by Gasteiger charge is -2.31. The van der Waals surface area contributed by atoms with Crippen molar-refractivity contribution in [2.24, 2.45) is 5.92 Å². The minimum absolute atomic E-state index is 0.320. The predicted molar refractivity (Wildman–Crippen MR) is 105 cm³/mol. The van der Waals surface area contributed by atoms with Crippen LogP contribution in [0.25, 0.3) is 0 Å². The van der Waals surface area contributed by atoms with Gasteiger partial charge < -0.3 is 10.2 Å². The zero-order valence-electron chi connectivity index (χ0n) is 15.1. The van der Waals surface area contributed by atoms with Crippen LogP contribution in [0.4, 0.5) is 21.8 Å². The summed E-state index contributed by atoms with van der Waals surface area (Å²) in [6, 6.07) is 17.1. The first-order valence-corrected chi connectivity index (χ1v) is 9.28. The van der Waals surface area contributed by atoms with Crippen LogP contribution in [0.1, 0.15) is 18.4 Å². The Morgan fingerprint density at radius 2 is 1.74 bits per heavy atom. The standard InChI is InChI=1S/C21H22FN5/c22-18-8-4-5-9-19(18)24-20-15-23-26-21(25-20)27-12-10-17(11-13-27)14-16-6-2-1-3-7-16/h1-9,15,17H,10-14H2,(H,24,25,26). The van der Waals surface area contributed by atoms with Gasteiger partial charge in [0.1, 0.15) is 5.82 Å². The van der Waals surface area contributed by atoms with E-state index in [-0.39, 0.29) is 5.82 Å². The van der Waals surface area contributed by atoms with Gasteiger partial charge in [-0.25, -0.2) is 4.39 Å². The third kappa shape index (κ3) is 4.39. The number of nitrogens with zero attached hydrogens (tertiary/aromatic N) is 4. The lowest BCUT2D eigenvalue weighted by atomic mass is 9.90. The molecular weight excluding hydrogens is 341 g/mol. The fourth-order valence-corrected chi connectivity index (χ4v) is 3.47. The van der Waals surface area contributed by atoms with E-state index in [0.717, 1.165) is 32.4 Å². The van der Waals surface area contributed by atoms with Crippen molar-refractivity contribution in [1.82, 2.24) is 15.2 Å². The number of hydrogen-bond acceptors (Lipinski definition) is 5. The molecule has 1 aliphatic rings. The summed E-state index contributed by atoms with van der Waals surface area (Å²) in [5.74, 6) is 1.45. The Hall–Kier alpha value is -3.02. The molecule has 4 rings (SSSR count). The zero-order chi connectivity index (χ0) is 18.5. The molecule has 0 radical (unpaired) electrons. The average Bonchev–Trinajstić information content (AvgIpc) is 2.71. The van der Waals surface area contributed by atoms with E-state index in [1.807, 2.05) is 0 Å². The van der Waals surface area contributed by atoms with Crippen LogP contribution in [0, 0.1) is 11.7 Å². The maximum atomic E-state index is 13.8. The molecule has 2 heterocycles. The van der Waals surface area contributed by atoms with Crippen molar-refractivity contribution in [3.63, 3.8) is 0 Å². The van der Waals surface area contributed by atoms with E-state index in [1.165, 1.54) is 17.8 Å². The Labute approximate surface area is 158 Å².